The minimum Gasteiger partial charge on any atom is -0.358 e. The van der Waals surface area contributed by atoms with E-state index in [1.54, 1.807) is 0 Å². The van der Waals surface area contributed by atoms with Crippen LogP contribution in [0.2, 0.25) is 0 Å². The van der Waals surface area contributed by atoms with Crippen molar-refractivity contribution in [2.45, 2.75) is 38.6 Å². The van der Waals surface area contributed by atoms with Crippen molar-refractivity contribution < 1.29 is 0 Å². The highest BCUT2D eigenvalue weighted by atomic mass is 32.1. The Morgan fingerprint density at radius 2 is 1.89 bits per heavy atom. The minimum absolute atomic E-state index is 0.510. The van der Waals surface area contributed by atoms with Crippen molar-refractivity contribution in [3.63, 3.8) is 0 Å². The van der Waals surface area contributed by atoms with Crippen molar-refractivity contribution in [2.24, 2.45) is 5.92 Å². The molecule has 0 aromatic heterocycles. The van der Waals surface area contributed by atoms with Gasteiger partial charge in [-0.25, -0.2) is 0 Å². The molecule has 1 saturated carbocycles. The second-order valence-electron chi connectivity index (χ2n) is 4.96. The summed E-state index contributed by atoms with van der Waals surface area (Å²) in [6.07, 6.45) is 5.17. The third-order valence-electron chi connectivity index (χ3n) is 3.52. The van der Waals surface area contributed by atoms with E-state index in [4.69, 9.17) is 12.2 Å². The zero-order chi connectivity index (χ0) is 12.8. The summed E-state index contributed by atoms with van der Waals surface area (Å²) >= 11 is 5.30. The van der Waals surface area contributed by atoms with Gasteiger partial charge in [-0.05, 0) is 43.1 Å². The van der Waals surface area contributed by atoms with Crippen LogP contribution in [0.5, 0.6) is 0 Å². The molecule has 0 radical (unpaired) electrons. The highest BCUT2D eigenvalue weighted by molar-refractivity contribution is 7.80. The topological polar surface area (TPSA) is 36.1 Å². The third kappa shape index (κ3) is 3.88. The van der Waals surface area contributed by atoms with Gasteiger partial charge < -0.3 is 5.32 Å². The number of thiocarbonyl (C=S) groups is 1. The number of rotatable bonds is 3. The quantitative estimate of drug-likeness (QED) is 0.578. The van der Waals surface area contributed by atoms with E-state index >= 15 is 0 Å². The van der Waals surface area contributed by atoms with Gasteiger partial charge in [-0.2, -0.15) is 0 Å². The van der Waals surface area contributed by atoms with Crippen LogP contribution >= 0.6 is 12.2 Å². The van der Waals surface area contributed by atoms with E-state index in [1.165, 1.54) is 25.7 Å². The molecule has 0 aliphatic heterocycles. The molecule has 1 fully saturated rings. The summed E-state index contributed by atoms with van der Waals surface area (Å²) in [5.74, 6) is 0.704. The molecule has 3 N–H and O–H groups in total. The van der Waals surface area contributed by atoms with E-state index < -0.39 is 0 Å². The van der Waals surface area contributed by atoms with Gasteiger partial charge in [0, 0.05) is 6.04 Å². The lowest BCUT2D eigenvalue weighted by atomic mass is 9.86. The molecule has 0 bridgehead atoms. The summed E-state index contributed by atoms with van der Waals surface area (Å²) in [7, 11) is 0. The van der Waals surface area contributed by atoms with Gasteiger partial charge >= 0.3 is 0 Å². The Labute approximate surface area is 114 Å². The van der Waals surface area contributed by atoms with Crippen LogP contribution in [0.15, 0.2) is 30.3 Å². The van der Waals surface area contributed by atoms with E-state index in [0.717, 1.165) is 5.69 Å². The molecule has 0 heterocycles. The highest BCUT2D eigenvalue weighted by Crippen LogP contribution is 2.23. The number of para-hydroxylation sites is 1. The Morgan fingerprint density at radius 3 is 2.61 bits per heavy atom. The Morgan fingerprint density at radius 1 is 1.17 bits per heavy atom. The van der Waals surface area contributed by atoms with Crippen molar-refractivity contribution in [3.8, 4) is 0 Å². The van der Waals surface area contributed by atoms with E-state index in [1.807, 2.05) is 30.3 Å². The Kier molecular flexibility index (Phi) is 4.81. The molecule has 0 spiro atoms. The number of nitrogens with one attached hydrogen (secondary N) is 3. The Balaban J connectivity index is 1.75. The van der Waals surface area contributed by atoms with Crippen molar-refractivity contribution in [1.29, 1.82) is 0 Å². The molecule has 0 amide bonds. The number of benzene rings is 1. The molecular formula is C14H21N3S. The molecule has 2 atom stereocenters. The molecule has 18 heavy (non-hydrogen) atoms. The molecule has 3 nitrogen and oxygen atoms in total. The maximum Gasteiger partial charge on any atom is 0.185 e. The first-order chi connectivity index (χ1) is 8.75. The molecule has 1 aromatic rings. The highest BCUT2D eigenvalue weighted by Gasteiger charge is 2.21. The number of hydrogen-bond acceptors (Lipinski definition) is 2. The van der Waals surface area contributed by atoms with Crippen molar-refractivity contribution in [2.75, 3.05) is 5.43 Å². The summed E-state index contributed by atoms with van der Waals surface area (Å²) in [6, 6.07) is 10.5. The fourth-order valence-electron chi connectivity index (χ4n) is 2.39. The summed E-state index contributed by atoms with van der Waals surface area (Å²) in [6.45, 7) is 2.30. The van der Waals surface area contributed by atoms with Crippen LogP contribution in [0.3, 0.4) is 0 Å². The van der Waals surface area contributed by atoms with Crippen LogP contribution in [-0.4, -0.2) is 11.2 Å². The molecule has 4 heteroatoms. The minimum atomic E-state index is 0.510. The monoisotopic (exact) mass is 263 g/mol. The van der Waals surface area contributed by atoms with Crippen LogP contribution in [0.4, 0.5) is 5.69 Å². The van der Waals surface area contributed by atoms with Gasteiger partial charge in [0.15, 0.2) is 5.11 Å². The zero-order valence-electron chi connectivity index (χ0n) is 10.8. The van der Waals surface area contributed by atoms with Gasteiger partial charge in [0.1, 0.15) is 0 Å². The van der Waals surface area contributed by atoms with Gasteiger partial charge in [-0.1, -0.05) is 38.0 Å². The second kappa shape index (κ2) is 6.59. The fourth-order valence-corrected chi connectivity index (χ4v) is 2.59. The Bertz CT molecular complexity index is 380. The SMILES string of the molecule is C[C@@H]1CCCC[C@H]1NC(=S)NNc1ccccc1. The molecule has 0 saturated heterocycles. The smallest absolute Gasteiger partial charge is 0.185 e. The van der Waals surface area contributed by atoms with Crippen LogP contribution in [0, 0.1) is 5.92 Å². The predicted molar refractivity (Wildman–Crippen MR) is 80.4 cm³/mol. The van der Waals surface area contributed by atoms with Gasteiger partial charge in [0.2, 0.25) is 0 Å². The fraction of sp³-hybridized carbons (Fsp3) is 0.500. The van der Waals surface area contributed by atoms with Crippen LogP contribution < -0.4 is 16.2 Å². The molecule has 1 aliphatic carbocycles. The largest absolute Gasteiger partial charge is 0.358 e. The summed E-state index contributed by atoms with van der Waals surface area (Å²) in [5, 5.41) is 4.08. The number of hydrogen-bond donors (Lipinski definition) is 3. The predicted octanol–water partition coefficient (Wildman–Crippen LogP) is 3.06. The van der Waals surface area contributed by atoms with E-state index in [9.17, 15) is 0 Å². The molecule has 0 unspecified atom stereocenters. The zero-order valence-corrected chi connectivity index (χ0v) is 11.6. The summed E-state index contributed by atoms with van der Waals surface area (Å²) < 4.78 is 0. The van der Waals surface area contributed by atoms with E-state index in [0.29, 0.717) is 17.1 Å². The maximum absolute atomic E-state index is 5.30. The lowest BCUT2D eigenvalue weighted by Gasteiger charge is -2.30. The van der Waals surface area contributed by atoms with Gasteiger partial charge in [-0.3, -0.25) is 10.9 Å². The average Bonchev–Trinajstić information content (AvgIpc) is 2.40. The van der Waals surface area contributed by atoms with Crippen molar-refractivity contribution in [1.82, 2.24) is 10.7 Å². The van der Waals surface area contributed by atoms with Gasteiger partial charge in [0.25, 0.3) is 0 Å². The van der Waals surface area contributed by atoms with Crippen molar-refractivity contribution >= 4 is 23.0 Å². The standard InChI is InChI=1S/C14H21N3S/c1-11-7-5-6-10-13(11)15-14(18)17-16-12-8-3-2-4-9-12/h2-4,8-9,11,13,16H,5-7,10H2,1H3,(H2,15,17,18)/t11-,13-/m1/s1. The van der Waals surface area contributed by atoms with Gasteiger partial charge in [-0.15, -0.1) is 0 Å². The van der Waals surface area contributed by atoms with Crippen LogP contribution in [0.25, 0.3) is 0 Å². The first kappa shape index (κ1) is 13.1. The second-order valence-corrected chi connectivity index (χ2v) is 5.37. The van der Waals surface area contributed by atoms with Crippen molar-refractivity contribution in [3.05, 3.63) is 30.3 Å². The molecular weight excluding hydrogens is 242 g/mol. The average molecular weight is 263 g/mol. The van der Waals surface area contributed by atoms with Crippen LogP contribution in [-0.2, 0) is 0 Å². The first-order valence-corrected chi connectivity index (χ1v) is 7.04. The molecule has 1 aromatic carbocycles. The lowest BCUT2D eigenvalue weighted by molar-refractivity contribution is 0.308. The van der Waals surface area contributed by atoms with Gasteiger partial charge in [0.05, 0.1) is 5.69 Å². The third-order valence-corrected chi connectivity index (χ3v) is 3.74. The maximum atomic E-state index is 5.30. The number of hydrazine groups is 1. The summed E-state index contributed by atoms with van der Waals surface area (Å²) in [4.78, 5) is 0. The molecule has 2 rings (SSSR count). The lowest BCUT2D eigenvalue weighted by Crippen LogP contribution is -2.47. The molecule has 98 valence electrons. The summed E-state index contributed by atoms with van der Waals surface area (Å²) in [5.41, 5.74) is 7.14. The first-order valence-electron chi connectivity index (χ1n) is 6.63. The number of anilines is 1. The van der Waals surface area contributed by atoms with E-state index in [-0.39, 0.29) is 0 Å². The van der Waals surface area contributed by atoms with Crippen LogP contribution in [0.1, 0.15) is 32.6 Å². The normalized spacial score (nSPS) is 23.2. The Hall–Kier alpha value is -1.29. The van der Waals surface area contributed by atoms with E-state index in [2.05, 4.69) is 23.1 Å². The molecule has 1 aliphatic rings.